The van der Waals surface area contributed by atoms with Crippen molar-refractivity contribution in [2.45, 2.75) is 6.42 Å². The predicted octanol–water partition coefficient (Wildman–Crippen LogP) is 3.57. The fourth-order valence-electron chi connectivity index (χ4n) is 3.26. The Morgan fingerprint density at radius 3 is 2.38 bits per heavy atom. The van der Waals surface area contributed by atoms with Crippen LogP contribution in [0.3, 0.4) is 0 Å². The Kier molecular flexibility index (Phi) is 3.73. The highest BCUT2D eigenvalue weighted by Gasteiger charge is 2.34. The van der Waals surface area contributed by atoms with E-state index in [0.717, 1.165) is 5.56 Å². The molecule has 8 heteroatoms. The maximum Gasteiger partial charge on any atom is 0.294 e. The lowest BCUT2D eigenvalue weighted by Gasteiger charge is -2.13. The van der Waals surface area contributed by atoms with Gasteiger partial charge in [-0.15, -0.1) is 0 Å². The quantitative estimate of drug-likeness (QED) is 0.432. The molecule has 0 saturated heterocycles. The Balaban J connectivity index is 1.63. The van der Waals surface area contributed by atoms with Crippen LogP contribution in [0.15, 0.2) is 42.6 Å². The number of hydrogen-bond donors (Lipinski definition) is 1. The third-order valence-electron chi connectivity index (χ3n) is 4.50. The minimum atomic E-state index is -0.501. The van der Waals surface area contributed by atoms with Crippen LogP contribution in [-0.4, -0.2) is 33.2 Å². The van der Waals surface area contributed by atoms with Gasteiger partial charge in [0.25, 0.3) is 17.5 Å². The number of hydrogen-bond acceptors (Lipinski definition) is 4. The van der Waals surface area contributed by atoms with Crippen LogP contribution < -0.4 is 0 Å². The van der Waals surface area contributed by atoms with E-state index in [4.69, 9.17) is 11.6 Å². The first-order valence-electron chi connectivity index (χ1n) is 7.86. The minimum Gasteiger partial charge on any atom is -0.355 e. The van der Waals surface area contributed by atoms with Crippen molar-refractivity contribution in [2.24, 2.45) is 0 Å². The number of aromatic nitrogens is 1. The molecule has 0 atom stereocenters. The summed E-state index contributed by atoms with van der Waals surface area (Å²) in [6.45, 7) is 0.180. The summed E-state index contributed by atoms with van der Waals surface area (Å²) in [6.07, 6.45) is 2.01. The Morgan fingerprint density at radius 2 is 1.77 bits per heavy atom. The molecule has 7 nitrogen and oxygen atoms in total. The van der Waals surface area contributed by atoms with E-state index in [-0.39, 0.29) is 29.1 Å². The molecule has 0 unspecified atom stereocenters. The van der Waals surface area contributed by atoms with Gasteiger partial charge in [0.2, 0.25) is 0 Å². The number of nitrogens with zero attached hydrogens (tertiary/aromatic N) is 2. The van der Waals surface area contributed by atoms with E-state index >= 15 is 0 Å². The molecular weight excluding hydrogens is 358 g/mol. The molecule has 0 spiro atoms. The summed E-state index contributed by atoms with van der Waals surface area (Å²) in [5.74, 6) is -0.649. The molecule has 2 aromatic carbocycles. The summed E-state index contributed by atoms with van der Waals surface area (Å²) in [5.41, 5.74) is 1.81. The lowest BCUT2D eigenvalue weighted by Crippen LogP contribution is -2.31. The first kappa shape index (κ1) is 16.3. The van der Waals surface area contributed by atoms with Crippen LogP contribution in [0.2, 0.25) is 5.02 Å². The number of carbonyl (C=O) groups excluding carboxylic acids is 2. The standard InChI is InChI=1S/C18H12ClN3O4/c19-11-7-14-10(9-20-16(14)15(8-11)22(25)26)5-6-21-17(23)12-3-1-2-4-13(12)18(21)24/h1-4,7-9,20H,5-6H2. The number of rotatable bonds is 4. The van der Waals surface area contributed by atoms with Gasteiger partial charge in [-0.2, -0.15) is 0 Å². The number of benzene rings is 2. The Hall–Kier alpha value is -3.19. The van der Waals surface area contributed by atoms with Gasteiger partial charge in [-0.3, -0.25) is 24.6 Å². The second-order valence-corrected chi connectivity index (χ2v) is 6.41. The summed E-state index contributed by atoms with van der Waals surface area (Å²) in [5, 5.41) is 12.1. The van der Waals surface area contributed by atoms with E-state index in [1.807, 2.05) is 0 Å². The van der Waals surface area contributed by atoms with Gasteiger partial charge in [-0.05, 0) is 30.2 Å². The van der Waals surface area contributed by atoms with Crippen LogP contribution in [-0.2, 0) is 6.42 Å². The maximum atomic E-state index is 12.4. The Labute approximate surface area is 152 Å². The van der Waals surface area contributed by atoms with Gasteiger partial charge in [-0.1, -0.05) is 23.7 Å². The smallest absolute Gasteiger partial charge is 0.294 e. The normalized spacial score (nSPS) is 13.5. The number of non-ortho nitro benzene ring substituents is 1. The molecule has 1 aliphatic rings. The highest BCUT2D eigenvalue weighted by Crippen LogP contribution is 2.32. The van der Waals surface area contributed by atoms with Crippen molar-refractivity contribution in [3.63, 3.8) is 0 Å². The molecule has 1 N–H and O–H groups in total. The molecule has 2 amide bonds. The van der Waals surface area contributed by atoms with Crippen LogP contribution in [0.1, 0.15) is 26.3 Å². The van der Waals surface area contributed by atoms with E-state index in [1.54, 1.807) is 36.5 Å². The summed E-state index contributed by atoms with van der Waals surface area (Å²) < 4.78 is 0. The average Bonchev–Trinajstić information content (AvgIpc) is 3.13. The Morgan fingerprint density at radius 1 is 1.12 bits per heavy atom. The lowest BCUT2D eigenvalue weighted by molar-refractivity contribution is -0.383. The van der Waals surface area contributed by atoms with Crippen molar-refractivity contribution in [2.75, 3.05) is 6.54 Å². The molecule has 0 saturated carbocycles. The summed E-state index contributed by atoms with van der Waals surface area (Å²) >= 11 is 5.99. The molecule has 26 heavy (non-hydrogen) atoms. The molecule has 1 aliphatic heterocycles. The van der Waals surface area contributed by atoms with Gasteiger partial charge in [0.1, 0.15) is 5.52 Å². The zero-order valence-electron chi connectivity index (χ0n) is 13.4. The highest BCUT2D eigenvalue weighted by molar-refractivity contribution is 6.31. The van der Waals surface area contributed by atoms with Gasteiger partial charge in [-0.25, -0.2) is 0 Å². The summed E-state index contributed by atoms with van der Waals surface area (Å²) in [6, 6.07) is 9.61. The third kappa shape index (κ3) is 2.44. The van der Waals surface area contributed by atoms with E-state index in [0.29, 0.717) is 28.5 Å². The zero-order chi connectivity index (χ0) is 18.4. The van der Waals surface area contributed by atoms with E-state index in [9.17, 15) is 19.7 Å². The molecule has 130 valence electrons. The second-order valence-electron chi connectivity index (χ2n) is 5.98. The van der Waals surface area contributed by atoms with Crippen LogP contribution in [0.5, 0.6) is 0 Å². The minimum absolute atomic E-state index is 0.112. The molecule has 4 rings (SSSR count). The van der Waals surface area contributed by atoms with Gasteiger partial charge in [0.15, 0.2) is 0 Å². The highest BCUT2D eigenvalue weighted by atomic mass is 35.5. The Bertz CT molecular complexity index is 1050. The molecule has 3 aromatic rings. The van der Waals surface area contributed by atoms with Gasteiger partial charge in [0.05, 0.1) is 16.1 Å². The number of imide groups is 1. The monoisotopic (exact) mass is 369 g/mol. The lowest BCUT2D eigenvalue weighted by atomic mass is 10.1. The van der Waals surface area contributed by atoms with Crippen molar-refractivity contribution in [3.05, 3.63) is 74.4 Å². The van der Waals surface area contributed by atoms with Crippen LogP contribution in [0, 0.1) is 10.1 Å². The molecule has 0 aliphatic carbocycles. The van der Waals surface area contributed by atoms with E-state index in [1.165, 1.54) is 11.0 Å². The number of nitro groups is 1. The number of carbonyl (C=O) groups is 2. The summed E-state index contributed by atoms with van der Waals surface area (Å²) in [4.78, 5) is 39.6. The fraction of sp³-hybridized carbons (Fsp3) is 0.111. The van der Waals surface area contributed by atoms with Crippen molar-refractivity contribution < 1.29 is 14.5 Å². The first-order chi connectivity index (χ1) is 12.5. The number of nitrogens with one attached hydrogen (secondary N) is 1. The number of H-pyrrole nitrogens is 1. The molecule has 0 fully saturated rings. The van der Waals surface area contributed by atoms with E-state index in [2.05, 4.69) is 4.98 Å². The van der Waals surface area contributed by atoms with Crippen molar-refractivity contribution in [1.82, 2.24) is 9.88 Å². The number of halogens is 1. The molecule has 0 bridgehead atoms. The molecule has 2 heterocycles. The van der Waals surface area contributed by atoms with Gasteiger partial charge in [0, 0.05) is 29.2 Å². The maximum absolute atomic E-state index is 12.4. The van der Waals surface area contributed by atoms with E-state index < -0.39 is 4.92 Å². The van der Waals surface area contributed by atoms with Crippen LogP contribution in [0.4, 0.5) is 5.69 Å². The molecular formula is C18H12ClN3O4. The van der Waals surface area contributed by atoms with Gasteiger partial charge < -0.3 is 4.98 Å². The number of aromatic amines is 1. The average molecular weight is 370 g/mol. The van der Waals surface area contributed by atoms with Crippen molar-refractivity contribution >= 4 is 40.0 Å². The first-order valence-corrected chi connectivity index (χ1v) is 8.24. The largest absolute Gasteiger partial charge is 0.355 e. The topological polar surface area (TPSA) is 96.3 Å². The third-order valence-corrected chi connectivity index (χ3v) is 4.72. The summed E-state index contributed by atoms with van der Waals surface area (Å²) in [7, 11) is 0. The van der Waals surface area contributed by atoms with Crippen molar-refractivity contribution in [1.29, 1.82) is 0 Å². The second kappa shape index (κ2) is 5.96. The SMILES string of the molecule is O=C1c2ccccc2C(=O)N1CCc1c[nH]c2c([N+](=O)[O-])cc(Cl)cc12. The molecule has 0 radical (unpaired) electrons. The predicted molar refractivity (Wildman–Crippen MR) is 95.5 cm³/mol. The number of fused-ring (bicyclic) bond motifs is 2. The van der Waals surface area contributed by atoms with Gasteiger partial charge >= 0.3 is 0 Å². The van der Waals surface area contributed by atoms with Crippen LogP contribution >= 0.6 is 11.6 Å². The van der Waals surface area contributed by atoms with Crippen molar-refractivity contribution in [3.8, 4) is 0 Å². The zero-order valence-corrected chi connectivity index (χ0v) is 14.1. The van der Waals surface area contributed by atoms with Crippen LogP contribution in [0.25, 0.3) is 10.9 Å². The molecule has 1 aromatic heterocycles. The number of nitro benzene ring substituents is 1. The fourth-order valence-corrected chi connectivity index (χ4v) is 3.47. The number of amides is 2.